The van der Waals surface area contributed by atoms with Crippen molar-refractivity contribution in [3.05, 3.63) is 94.6 Å². The van der Waals surface area contributed by atoms with E-state index in [9.17, 15) is 9.59 Å². The lowest BCUT2D eigenvalue weighted by Gasteiger charge is -2.31. The fourth-order valence-electron chi connectivity index (χ4n) is 5.30. The van der Waals surface area contributed by atoms with Crippen molar-refractivity contribution in [1.29, 1.82) is 0 Å². The second-order valence-corrected chi connectivity index (χ2v) is 12.4. The maximum absolute atomic E-state index is 13.3. The van der Waals surface area contributed by atoms with Gasteiger partial charge in [0.2, 0.25) is 0 Å². The number of aryl methyl sites for hydroxylation is 3. The molecule has 4 aromatic rings. The Hall–Kier alpha value is -4.33. The van der Waals surface area contributed by atoms with Crippen LogP contribution in [0.5, 0.6) is 0 Å². The Morgan fingerprint density at radius 1 is 0.952 bits per heavy atom. The number of hydrogen-bond donors (Lipinski definition) is 2. The second-order valence-electron chi connectivity index (χ2n) is 12.4. The summed E-state index contributed by atoms with van der Waals surface area (Å²) in [5, 5.41) is 10.9. The van der Waals surface area contributed by atoms with Crippen LogP contribution in [0.4, 0.5) is 16.3 Å². The van der Waals surface area contributed by atoms with Gasteiger partial charge in [-0.05, 0) is 81.3 Å². The van der Waals surface area contributed by atoms with Crippen molar-refractivity contribution >= 4 is 23.4 Å². The molecule has 5 rings (SSSR count). The number of nitrogens with zero attached hydrogens (tertiary/aromatic N) is 3. The predicted octanol–water partition coefficient (Wildman–Crippen LogP) is 7.43. The Kier molecular flexibility index (Phi) is 8.25. The van der Waals surface area contributed by atoms with Crippen LogP contribution in [-0.4, -0.2) is 39.7 Å². The molecule has 1 aliphatic heterocycles. The maximum atomic E-state index is 13.3. The number of piperidine rings is 1. The Morgan fingerprint density at radius 2 is 1.64 bits per heavy atom. The summed E-state index contributed by atoms with van der Waals surface area (Å²) in [6, 6.07) is 19.5. The third-order valence-corrected chi connectivity index (χ3v) is 8.05. The molecule has 1 saturated heterocycles. The van der Waals surface area contributed by atoms with Crippen molar-refractivity contribution in [2.75, 3.05) is 23.7 Å². The summed E-state index contributed by atoms with van der Waals surface area (Å²) in [5.41, 5.74) is 5.62. The summed E-state index contributed by atoms with van der Waals surface area (Å²) in [6.45, 7) is 13.6. The number of benzene rings is 2. The van der Waals surface area contributed by atoms with E-state index in [1.165, 1.54) is 0 Å². The zero-order valence-corrected chi connectivity index (χ0v) is 25.5. The van der Waals surface area contributed by atoms with Crippen LogP contribution in [0.3, 0.4) is 0 Å². The van der Waals surface area contributed by atoms with E-state index in [1.807, 2.05) is 80.3 Å². The van der Waals surface area contributed by atoms with E-state index in [0.29, 0.717) is 30.6 Å². The van der Waals surface area contributed by atoms with E-state index < -0.39 is 0 Å². The van der Waals surface area contributed by atoms with Gasteiger partial charge >= 0.3 is 6.03 Å². The molecule has 0 unspecified atom stereocenters. The number of likely N-dealkylation sites (tertiary alicyclic amines) is 1. The van der Waals surface area contributed by atoms with Crippen molar-refractivity contribution < 1.29 is 14.0 Å². The van der Waals surface area contributed by atoms with Crippen LogP contribution < -0.4 is 10.6 Å². The molecule has 2 aromatic heterocycles. The molecule has 0 bridgehead atoms. The summed E-state index contributed by atoms with van der Waals surface area (Å²) >= 11 is 0. The molecule has 42 heavy (non-hydrogen) atoms. The second kappa shape index (κ2) is 11.9. The minimum Gasteiger partial charge on any atom is -0.456 e. The first-order valence-electron chi connectivity index (χ1n) is 14.7. The van der Waals surface area contributed by atoms with Crippen LogP contribution in [0.1, 0.15) is 72.3 Å². The van der Waals surface area contributed by atoms with Gasteiger partial charge in [-0.25, -0.2) is 9.48 Å². The average molecular weight is 568 g/mol. The third kappa shape index (κ3) is 6.59. The first kappa shape index (κ1) is 29.2. The Balaban J connectivity index is 1.24. The molecule has 0 spiro atoms. The monoisotopic (exact) mass is 567 g/mol. The minimum absolute atomic E-state index is 0.0390. The van der Waals surface area contributed by atoms with Crippen LogP contribution in [0.25, 0.3) is 5.69 Å². The SMILES string of the molecule is Cc1ccc(-n2nc(C(C)(C)C)cc2NC(=O)Nc2ccccc2CC2CCN(C(=O)c3cc(C)c(C)o3)CC2)cc1. The minimum atomic E-state index is -0.319. The standard InChI is InChI=1S/C34H41N5O3/c1-22-11-13-27(14-12-22)39-31(21-30(37-39)34(4,5)6)36-33(41)35-28-10-8-7-9-26(28)20-25-15-17-38(18-16-25)32(40)29-19-23(2)24(3)42-29/h7-14,19,21,25H,15-18,20H2,1-6H3,(H2,35,36,41). The molecule has 0 saturated carbocycles. The van der Waals surface area contributed by atoms with Crippen LogP contribution in [-0.2, 0) is 11.8 Å². The van der Waals surface area contributed by atoms with Gasteiger partial charge in [0.15, 0.2) is 5.76 Å². The van der Waals surface area contributed by atoms with Crippen LogP contribution in [0, 0.1) is 26.7 Å². The predicted molar refractivity (Wildman–Crippen MR) is 167 cm³/mol. The molecule has 2 N–H and O–H groups in total. The zero-order chi connectivity index (χ0) is 30.0. The molecule has 8 nitrogen and oxygen atoms in total. The lowest BCUT2D eigenvalue weighted by Crippen LogP contribution is -2.38. The smallest absolute Gasteiger partial charge is 0.324 e. The lowest BCUT2D eigenvalue weighted by molar-refractivity contribution is 0.0657. The third-order valence-electron chi connectivity index (χ3n) is 8.05. The Bertz CT molecular complexity index is 1550. The van der Waals surface area contributed by atoms with Gasteiger partial charge in [0.1, 0.15) is 11.6 Å². The fraction of sp³-hybridized carbons (Fsp3) is 0.382. The molecular weight excluding hydrogens is 526 g/mol. The first-order valence-corrected chi connectivity index (χ1v) is 14.7. The van der Waals surface area contributed by atoms with Crippen molar-refractivity contribution in [2.45, 2.75) is 66.2 Å². The van der Waals surface area contributed by atoms with Gasteiger partial charge in [0.25, 0.3) is 5.91 Å². The first-order chi connectivity index (χ1) is 20.0. The van der Waals surface area contributed by atoms with Gasteiger partial charge in [-0.3, -0.25) is 10.1 Å². The highest BCUT2D eigenvalue weighted by Gasteiger charge is 2.27. The number of furan rings is 1. The molecule has 3 amide bonds. The van der Waals surface area contributed by atoms with Crippen LogP contribution >= 0.6 is 0 Å². The topological polar surface area (TPSA) is 92.4 Å². The Morgan fingerprint density at radius 3 is 2.29 bits per heavy atom. The van der Waals surface area contributed by atoms with E-state index in [0.717, 1.165) is 58.8 Å². The molecule has 1 aliphatic rings. The Labute approximate surface area is 248 Å². The number of aromatic nitrogens is 2. The number of urea groups is 1. The molecule has 3 heterocycles. The number of carbonyl (C=O) groups is 2. The van der Waals surface area contributed by atoms with E-state index in [4.69, 9.17) is 9.52 Å². The summed E-state index contributed by atoms with van der Waals surface area (Å²) in [6.07, 6.45) is 2.62. The summed E-state index contributed by atoms with van der Waals surface area (Å²) in [4.78, 5) is 28.1. The highest BCUT2D eigenvalue weighted by Crippen LogP contribution is 2.29. The number of nitrogens with one attached hydrogen (secondary N) is 2. The summed E-state index contributed by atoms with van der Waals surface area (Å²) in [7, 11) is 0. The van der Waals surface area contributed by atoms with Gasteiger partial charge in [0.05, 0.1) is 11.4 Å². The highest BCUT2D eigenvalue weighted by atomic mass is 16.4. The molecule has 1 fully saturated rings. The highest BCUT2D eigenvalue weighted by molar-refractivity contribution is 6.00. The lowest BCUT2D eigenvalue weighted by atomic mass is 9.89. The zero-order valence-electron chi connectivity index (χ0n) is 25.5. The fourth-order valence-corrected chi connectivity index (χ4v) is 5.30. The molecule has 220 valence electrons. The average Bonchev–Trinajstić information content (AvgIpc) is 3.53. The van der Waals surface area contributed by atoms with E-state index in [2.05, 4.69) is 37.5 Å². The maximum Gasteiger partial charge on any atom is 0.324 e. The number of anilines is 2. The van der Waals surface area contributed by atoms with E-state index in [-0.39, 0.29) is 17.4 Å². The number of rotatable bonds is 6. The van der Waals surface area contributed by atoms with Crippen molar-refractivity contribution in [3.63, 3.8) is 0 Å². The molecule has 0 atom stereocenters. The van der Waals surface area contributed by atoms with Crippen molar-refractivity contribution in [2.24, 2.45) is 5.92 Å². The number of para-hydroxylation sites is 1. The summed E-state index contributed by atoms with van der Waals surface area (Å²) < 4.78 is 7.44. The molecule has 8 heteroatoms. The molecule has 0 aliphatic carbocycles. The van der Waals surface area contributed by atoms with Crippen LogP contribution in [0.15, 0.2) is 65.1 Å². The number of carbonyl (C=O) groups excluding carboxylic acids is 2. The number of amides is 3. The van der Waals surface area contributed by atoms with Gasteiger partial charge in [-0.15, -0.1) is 0 Å². The molecule has 2 aromatic carbocycles. The van der Waals surface area contributed by atoms with Gasteiger partial charge < -0.3 is 14.6 Å². The summed E-state index contributed by atoms with van der Waals surface area (Å²) in [5.74, 6) is 2.19. The van der Waals surface area contributed by atoms with Crippen molar-refractivity contribution in [3.8, 4) is 5.69 Å². The van der Waals surface area contributed by atoms with Crippen molar-refractivity contribution in [1.82, 2.24) is 14.7 Å². The molecular formula is C34H41N5O3. The van der Waals surface area contributed by atoms with Crippen LogP contribution in [0.2, 0.25) is 0 Å². The van der Waals surface area contributed by atoms with Gasteiger partial charge in [0, 0.05) is 30.3 Å². The normalized spacial score (nSPS) is 14.2. The van der Waals surface area contributed by atoms with Gasteiger partial charge in [-0.1, -0.05) is 56.7 Å². The number of hydrogen-bond acceptors (Lipinski definition) is 4. The molecule has 0 radical (unpaired) electrons. The van der Waals surface area contributed by atoms with E-state index in [1.54, 1.807) is 4.68 Å². The van der Waals surface area contributed by atoms with Gasteiger partial charge in [-0.2, -0.15) is 5.10 Å². The van der Waals surface area contributed by atoms with E-state index >= 15 is 0 Å². The largest absolute Gasteiger partial charge is 0.456 e. The quantitative estimate of drug-likeness (QED) is 0.253.